The van der Waals surface area contributed by atoms with Crippen LogP contribution in [0, 0.1) is 5.92 Å². The third-order valence-electron chi connectivity index (χ3n) is 3.91. The molecule has 1 saturated heterocycles. The average molecular weight is 277 g/mol. The fourth-order valence-electron chi connectivity index (χ4n) is 2.88. The van der Waals surface area contributed by atoms with Gasteiger partial charge in [0.25, 0.3) is 5.56 Å². The molecule has 0 aliphatic carbocycles. The molecule has 1 aliphatic rings. The van der Waals surface area contributed by atoms with Gasteiger partial charge in [0.2, 0.25) is 0 Å². The van der Waals surface area contributed by atoms with E-state index < -0.39 is 0 Å². The highest BCUT2D eigenvalue weighted by molar-refractivity contribution is 5.41. The van der Waals surface area contributed by atoms with Crippen LogP contribution in [0.5, 0.6) is 0 Å². The van der Waals surface area contributed by atoms with E-state index in [0.717, 1.165) is 18.2 Å². The minimum atomic E-state index is 0.0739. The summed E-state index contributed by atoms with van der Waals surface area (Å²) in [6.07, 6.45) is 4.29. The van der Waals surface area contributed by atoms with E-state index in [1.165, 1.54) is 32.5 Å². The minimum Gasteiger partial charge on any atom is -0.381 e. The summed E-state index contributed by atoms with van der Waals surface area (Å²) in [6, 6.07) is 4.08. The van der Waals surface area contributed by atoms with E-state index in [9.17, 15) is 4.79 Å². The molecule has 0 atom stereocenters. The van der Waals surface area contributed by atoms with Crippen LogP contribution in [0.4, 0.5) is 5.69 Å². The molecule has 1 aromatic rings. The number of aromatic nitrogens is 1. The first-order chi connectivity index (χ1) is 9.58. The van der Waals surface area contributed by atoms with Gasteiger partial charge < -0.3 is 14.8 Å². The molecule has 0 amide bonds. The lowest BCUT2D eigenvalue weighted by molar-refractivity contribution is 0.198. The Kier molecular flexibility index (Phi) is 5.24. The largest absolute Gasteiger partial charge is 0.381 e. The highest BCUT2D eigenvalue weighted by Gasteiger charge is 2.19. The van der Waals surface area contributed by atoms with Gasteiger partial charge in [-0.2, -0.15) is 0 Å². The minimum absolute atomic E-state index is 0.0739. The first-order valence-corrected chi connectivity index (χ1v) is 7.78. The lowest BCUT2D eigenvalue weighted by atomic mass is 10.0. The normalized spacial score (nSPS) is 17.6. The molecule has 4 heteroatoms. The third kappa shape index (κ3) is 4.10. The Morgan fingerprint density at radius 1 is 1.30 bits per heavy atom. The molecular weight excluding hydrogens is 250 g/mol. The van der Waals surface area contributed by atoms with Crippen LogP contribution < -0.4 is 10.9 Å². The predicted octanol–water partition coefficient (Wildman–Crippen LogP) is 2.40. The SMILES string of the molecule is CCn1cc(NC2CCN(CC(C)C)CC2)ccc1=O. The van der Waals surface area contributed by atoms with E-state index in [1.54, 1.807) is 10.6 Å². The Bertz CT molecular complexity index is 473. The second kappa shape index (κ2) is 6.93. The van der Waals surface area contributed by atoms with Gasteiger partial charge in [0.05, 0.1) is 5.69 Å². The number of rotatable bonds is 5. The van der Waals surface area contributed by atoms with Gasteiger partial charge in [0, 0.05) is 44.5 Å². The number of hydrogen-bond donors (Lipinski definition) is 1. The van der Waals surface area contributed by atoms with Crippen molar-refractivity contribution < 1.29 is 0 Å². The van der Waals surface area contributed by atoms with E-state index in [0.29, 0.717) is 6.04 Å². The van der Waals surface area contributed by atoms with Crippen molar-refractivity contribution >= 4 is 5.69 Å². The fraction of sp³-hybridized carbons (Fsp3) is 0.688. The Balaban J connectivity index is 1.88. The molecule has 0 radical (unpaired) electrons. The van der Waals surface area contributed by atoms with E-state index in [2.05, 4.69) is 24.1 Å². The van der Waals surface area contributed by atoms with E-state index in [-0.39, 0.29) is 5.56 Å². The lowest BCUT2D eigenvalue weighted by Gasteiger charge is -2.33. The van der Waals surface area contributed by atoms with E-state index in [4.69, 9.17) is 0 Å². The number of aryl methyl sites for hydroxylation is 1. The van der Waals surface area contributed by atoms with Gasteiger partial charge in [0.15, 0.2) is 0 Å². The number of piperidine rings is 1. The quantitative estimate of drug-likeness (QED) is 0.898. The summed E-state index contributed by atoms with van der Waals surface area (Å²) in [4.78, 5) is 14.1. The van der Waals surface area contributed by atoms with Gasteiger partial charge in [-0.15, -0.1) is 0 Å². The number of nitrogens with one attached hydrogen (secondary N) is 1. The number of anilines is 1. The molecule has 1 fully saturated rings. The summed E-state index contributed by atoms with van der Waals surface area (Å²) in [5.41, 5.74) is 1.14. The summed E-state index contributed by atoms with van der Waals surface area (Å²) < 4.78 is 1.75. The van der Waals surface area contributed by atoms with E-state index >= 15 is 0 Å². The van der Waals surface area contributed by atoms with Crippen LogP contribution in [0.2, 0.25) is 0 Å². The van der Waals surface area contributed by atoms with Crippen LogP contribution in [0.3, 0.4) is 0 Å². The zero-order chi connectivity index (χ0) is 14.5. The van der Waals surface area contributed by atoms with Crippen molar-refractivity contribution in [3.63, 3.8) is 0 Å². The molecule has 0 saturated carbocycles. The summed E-state index contributed by atoms with van der Waals surface area (Å²) in [5, 5.41) is 3.57. The summed E-state index contributed by atoms with van der Waals surface area (Å²) >= 11 is 0. The van der Waals surface area contributed by atoms with Crippen LogP contribution >= 0.6 is 0 Å². The smallest absolute Gasteiger partial charge is 0.250 e. The van der Waals surface area contributed by atoms with Crippen molar-refractivity contribution in [3.05, 3.63) is 28.7 Å². The highest BCUT2D eigenvalue weighted by atomic mass is 16.1. The molecule has 4 nitrogen and oxygen atoms in total. The molecule has 0 unspecified atom stereocenters. The van der Waals surface area contributed by atoms with Crippen molar-refractivity contribution in [1.29, 1.82) is 0 Å². The predicted molar refractivity (Wildman–Crippen MR) is 84.3 cm³/mol. The second-order valence-electron chi connectivity index (χ2n) is 6.16. The Morgan fingerprint density at radius 3 is 2.60 bits per heavy atom. The number of hydrogen-bond acceptors (Lipinski definition) is 3. The molecule has 112 valence electrons. The van der Waals surface area contributed by atoms with Crippen LogP contribution in [0.1, 0.15) is 33.6 Å². The molecule has 20 heavy (non-hydrogen) atoms. The van der Waals surface area contributed by atoms with Crippen molar-refractivity contribution in [2.75, 3.05) is 25.0 Å². The highest BCUT2D eigenvalue weighted by Crippen LogP contribution is 2.16. The van der Waals surface area contributed by atoms with Gasteiger partial charge in [-0.05, 0) is 31.7 Å². The van der Waals surface area contributed by atoms with Crippen LogP contribution in [-0.4, -0.2) is 35.1 Å². The van der Waals surface area contributed by atoms with Gasteiger partial charge in [-0.1, -0.05) is 13.8 Å². The zero-order valence-corrected chi connectivity index (χ0v) is 12.9. The molecule has 1 aliphatic heterocycles. The fourth-order valence-corrected chi connectivity index (χ4v) is 2.88. The second-order valence-corrected chi connectivity index (χ2v) is 6.16. The maximum absolute atomic E-state index is 11.6. The van der Waals surface area contributed by atoms with Crippen molar-refractivity contribution in [2.24, 2.45) is 5.92 Å². The standard InChI is InChI=1S/C16H27N3O/c1-4-19-12-15(5-6-16(19)20)17-14-7-9-18(10-8-14)11-13(2)3/h5-6,12-14,17H,4,7-11H2,1-3H3. The van der Waals surface area contributed by atoms with Gasteiger partial charge in [-0.25, -0.2) is 0 Å². The van der Waals surface area contributed by atoms with Crippen molar-refractivity contribution in [2.45, 2.75) is 46.2 Å². The Hall–Kier alpha value is -1.29. The van der Waals surface area contributed by atoms with Crippen LogP contribution in [-0.2, 0) is 6.54 Å². The molecule has 2 rings (SSSR count). The van der Waals surface area contributed by atoms with Crippen LogP contribution in [0.25, 0.3) is 0 Å². The first kappa shape index (κ1) is 15.1. The Morgan fingerprint density at radius 2 is 2.00 bits per heavy atom. The summed E-state index contributed by atoms with van der Waals surface area (Å²) in [7, 11) is 0. The molecule has 0 bridgehead atoms. The number of likely N-dealkylation sites (tertiary alicyclic amines) is 1. The topological polar surface area (TPSA) is 37.3 Å². The van der Waals surface area contributed by atoms with Gasteiger partial charge in [0.1, 0.15) is 0 Å². The van der Waals surface area contributed by atoms with E-state index in [1.807, 2.05) is 19.2 Å². The average Bonchev–Trinajstić information content (AvgIpc) is 2.42. The van der Waals surface area contributed by atoms with Crippen molar-refractivity contribution in [3.8, 4) is 0 Å². The zero-order valence-electron chi connectivity index (χ0n) is 12.9. The van der Waals surface area contributed by atoms with Gasteiger partial charge in [-0.3, -0.25) is 4.79 Å². The molecule has 2 heterocycles. The summed E-state index contributed by atoms with van der Waals surface area (Å²) in [6.45, 7) is 10.8. The maximum Gasteiger partial charge on any atom is 0.250 e. The molecule has 0 spiro atoms. The summed E-state index contributed by atoms with van der Waals surface area (Å²) in [5.74, 6) is 0.743. The first-order valence-electron chi connectivity index (χ1n) is 7.78. The number of nitrogens with zero attached hydrogens (tertiary/aromatic N) is 2. The molecule has 1 N–H and O–H groups in total. The van der Waals surface area contributed by atoms with Crippen molar-refractivity contribution in [1.82, 2.24) is 9.47 Å². The lowest BCUT2D eigenvalue weighted by Crippen LogP contribution is -2.40. The molecular formula is C16H27N3O. The van der Waals surface area contributed by atoms with Gasteiger partial charge >= 0.3 is 0 Å². The maximum atomic E-state index is 11.6. The monoisotopic (exact) mass is 277 g/mol. The Labute approximate surface area is 121 Å². The third-order valence-corrected chi connectivity index (χ3v) is 3.91. The number of pyridine rings is 1. The molecule has 1 aromatic heterocycles. The molecule has 0 aromatic carbocycles. The van der Waals surface area contributed by atoms with Crippen LogP contribution in [0.15, 0.2) is 23.1 Å².